The number of anilines is 1. The number of phenolic OH excluding ortho intramolecular Hbond substituents is 1. The first kappa shape index (κ1) is 16.5. The molecule has 1 aromatic rings. The summed E-state index contributed by atoms with van der Waals surface area (Å²) < 4.78 is 0. The second-order valence-electron chi connectivity index (χ2n) is 5.88. The summed E-state index contributed by atoms with van der Waals surface area (Å²) in [5.41, 5.74) is 5.98. The molecule has 22 heavy (non-hydrogen) atoms. The van der Waals surface area contributed by atoms with Gasteiger partial charge < -0.3 is 16.2 Å². The number of nitrogens with two attached hydrogens (primary N) is 1. The molecule has 0 aromatic heterocycles. The van der Waals surface area contributed by atoms with Crippen molar-refractivity contribution in [2.75, 3.05) is 5.32 Å². The smallest absolute Gasteiger partial charge is 0.271 e. The number of fused-ring (bicyclic) bond motifs is 2. The first-order valence-corrected chi connectivity index (χ1v) is 7.01. The van der Waals surface area contributed by atoms with E-state index in [1.165, 1.54) is 12.1 Å². The molecular formula is C14H18ClN3O4. The van der Waals surface area contributed by atoms with E-state index in [1.807, 2.05) is 0 Å². The van der Waals surface area contributed by atoms with E-state index >= 15 is 0 Å². The van der Waals surface area contributed by atoms with Crippen molar-refractivity contribution in [3.05, 3.63) is 28.3 Å². The Morgan fingerprint density at radius 3 is 2.64 bits per heavy atom. The fraction of sp³-hybridized carbons (Fsp3) is 0.500. The molecule has 0 aliphatic heterocycles. The van der Waals surface area contributed by atoms with Gasteiger partial charge in [0.25, 0.3) is 5.69 Å². The van der Waals surface area contributed by atoms with Crippen LogP contribution in [0.3, 0.4) is 0 Å². The van der Waals surface area contributed by atoms with Crippen LogP contribution in [0.25, 0.3) is 0 Å². The molecule has 4 N–H and O–H groups in total. The number of hydrogen-bond donors (Lipinski definition) is 3. The van der Waals surface area contributed by atoms with Crippen LogP contribution in [0.5, 0.6) is 5.75 Å². The van der Waals surface area contributed by atoms with Gasteiger partial charge in [-0.15, -0.1) is 12.4 Å². The van der Waals surface area contributed by atoms with Gasteiger partial charge in [-0.1, -0.05) is 0 Å². The minimum absolute atomic E-state index is 0. The number of hydrogen-bond acceptors (Lipinski definition) is 5. The van der Waals surface area contributed by atoms with Gasteiger partial charge >= 0.3 is 0 Å². The van der Waals surface area contributed by atoms with Crippen LogP contribution in [0, 0.1) is 27.9 Å². The van der Waals surface area contributed by atoms with Gasteiger partial charge in [-0.2, -0.15) is 0 Å². The van der Waals surface area contributed by atoms with Gasteiger partial charge in [0.05, 0.1) is 16.5 Å². The number of rotatable bonds is 3. The third-order valence-corrected chi connectivity index (χ3v) is 4.73. The lowest BCUT2D eigenvalue weighted by Crippen LogP contribution is -2.42. The van der Waals surface area contributed by atoms with E-state index < -0.39 is 4.92 Å². The lowest BCUT2D eigenvalue weighted by atomic mass is 9.84. The van der Waals surface area contributed by atoms with E-state index in [9.17, 15) is 20.0 Å². The lowest BCUT2D eigenvalue weighted by molar-refractivity contribution is -0.384. The summed E-state index contributed by atoms with van der Waals surface area (Å²) in [5, 5.41) is 23.1. The summed E-state index contributed by atoms with van der Waals surface area (Å²) in [5.74, 6) is -0.0473. The Balaban J connectivity index is 0.00000176. The molecule has 0 spiro atoms. The Kier molecular flexibility index (Phi) is 4.58. The normalized spacial score (nSPS) is 29.0. The van der Waals surface area contributed by atoms with Crippen molar-refractivity contribution in [1.29, 1.82) is 0 Å². The molecule has 1 aromatic carbocycles. The van der Waals surface area contributed by atoms with Crippen molar-refractivity contribution < 1.29 is 14.8 Å². The number of nitro groups is 1. The van der Waals surface area contributed by atoms with Crippen LogP contribution in [0.4, 0.5) is 11.4 Å². The molecule has 0 radical (unpaired) electrons. The van der Waals surface area contributed by atoms with Crippen molar-refractivity contribution in [2.24, 2.45) is 23.5 Å². The Labute approximate surface area is 133 Å². The van der Waals surface area contributed by atoms with Crippen molar-refractivity contribution in [3.63, 3.8) is 0 Å². The summed E-state index contributed by atoms with van der Waals surface area (Å²) in [6.45, 7) is 0. The topological polar surface area (TPSA) is 118 Å². The number of nitrogens with one attached hydrogen (secondary N) is 1. The summed E-state index contributed by atoms with van der Waals surface area (Å²) in [7, 11) is 0. The first-order valence-electron chi connectivity index (χ1n) is 7.01. The van der Waals surface area contributed by atoms with Crippen LogP contribution in [-0.2, 0) is 4.79 Å². The van der Waals surface area contributed by atoms with Gasteiger partial charge in [0.15, 0.2) is 0 Å². The van der Waals surface area contributed by atoms with Crippen LogP contribution in [0.1, 0.15) is 19.3 Å². The Hall–Kier alpha value is -1.86. The molecule has 2 aliphatic rings. The van der Waals surface area contributed by atoms with E-state index in [0.717, 1.165) is 25.3 Å². The van der Waals surface area contributed by atoms with Gasteiger partial charge in [-0.05, 0) is 37.2 Å². The quantitative estimate of drug-likeness (QED) is 0.446. The number of nitro benzene ring substituents is 1. The molecule has 1 amide bonds. The second kappa shape index (κ2) is 6.10. The molecule has 0 saturated heterocycles. The van der Waals surface area contributed by atoms with E-state index in [4.69, 9.17) is 5.73 Å². The fourth-order valence-corrected chi connectivity index (χ4v) is 3.68. The predicted molar refractivity (Wildman–Crippen MR) is 82.9 cm³/mol. The van der Waals surface area contributed by atoms with Crippen LogP contribution >= 0.6 is 12.4 Å². The third-order valence-electron chi connectivity index (χ3n) is 4.73. The van der Waals surface area contributed by atoms with E-state index in [2.05, 4.69) is 5.32 Å². The molecule has 2 bridgehead atoms. The predicted octanol–water partition coefficient (Wildman–Crippen LogP) is 2.03. The number of aromatic hydroxyl groups is 1. The SMILES string of the molecule is Cl.NC1C2CCC(C2)C1C(=O)Nc1cc([N+](=O)[O-])ccc1O. The molecule has 120 valence electrons. The highest BCUT2D eigenvalue weighted by molar-refractivity contribution is 5.95. The van der Waals surface area contributed by atoms with Gasteiger partial charge in [-0.3, -0.25) is 14.9 Å². The van der Waals surface area contributed by atoms with Gasteiger partial charge in [-0.25, -0.2) is 0 Å². The van der Waals surface area contributed by atoms with Crippen molar-refractivity contribution in [3.8, 4) is 5.75 Å². The van der Waals surface area contributed by atoms with Crippen LogP contribution in [0.2, 0.25) is 0 Å². The zero-order chi connectivity index (χ0) is 15.1. The molecule has 2 fully saturated rings. The molecule has 2 aliphatic carbocycles. The molecule has 4 unspecified atom stereocenters. The maximum Gasteiger partial charge on any atom is 0.271 e. The Morgan fingerprint density at radius 2 is 2.05 bits per heavy atom. The number of non-ortho nitro benzene ring substituents is 1. The maximum atomic E-state index is 12.4. The molecule has 2 saturated carbocycles. The number of amides is 1. The Bertz CT molecular complexity index is 608. The molecule has 7 nitrogen and oxygen atoms in total. The second-order valence-corrected chi connectivity index (χ2v) is 5.88. The first-order chi connectivity index (χ1) is 9.97. The number of nitrogens with zero attached hydrogens (tertiary/aromatic N) is 1. The van der Waals surface area contributed by atoms with Gasteiger partial charge in [0.1, 0.15) is 5.75 Å². The van der Waals surface area contributed by atoms with E-state index in [0.29, 0.717) is 5.92 Å². The molecule has 4 atom stereocenters. The average molecular weight is 328 g/mol. The molecular weight excluding hydrogens is 310 g/mol. The molecule has 3 rings (SSSR count). The molecule has 8 heteroatoms. The summed E-state index contributed by atoms with van der Waals surface area (Å²) >= 11 is 0. The summed E-state index contributed by atoms with van der Waals surface area (Å²) in [6, 6.07) is 3.39. The molecule has 0 heterocycles. The average Bonchev–Trinajstić information content (AvgIpc) is 3.01. The summed E-state index contributed by atoms with van der Waals surface area (Å²) in [4.78, 5) is 22.6. The minimum Gasteiger partial charge on any atom is -0.506 e. The largest absolute Gasteiger partial charge is 0.506 e. The van der Waals surface area contributed by atoms with Crippen molar-refractivity contribution >= 4 is 29.7 Å². The maximum absolute atomic E-state index is 12.4. The number of phenols is 1. The Morgan fingerprint density at radius 1 is 1.36 bits per heavy atom. The lowest BCUT2D eigenvalue weighted by Gasteiger charge is -2.27. The van der Waals surface area contributed by atoms with E-state index in [1.54, 1.807) is 0 Å². The third kappa shape index (κ3) is 2.74. The number of carbonyl (C=O) groups is 1. The number of carbonyl (C=O) groups excluding carboxylic acids is 1. The van der Waals surface area contributed by atoms with Crippen LogP contribution < -0.4 is 11.1 Å². The van der Waals surface area contributed by atoms with Gasteiger partial charge in [0, 0.05) is 18.2 Å². The highest BCUT2D eigenvalue weighted by Crippen LogP contribution is 2.48. The highest BCUT2D eigenvalue weighted by Gasteiger charge is 2.49. The standard InChI is InChI=1S/C14H17N3O4.ClH/c15-13-8-2-1-7(5-8)12(13)14(19)16-10-6-9(17(20)21)3-4-11(10)18;/h3-4,6-8,12-13,18H,1-2,5,15H2,(H,16,19);1H. The van der Waals surface area contributed by atoms with Crippen LogP contribution in [-0.4, -0.2) is 22.0 Å². The zero-order valence-corrected chi connectivity index (χ0v) is 12.6. The van der Waals surface area contributed by atoms with Crippen molar-refractivity contribution in [2.45, 2.75) is 25.3 Å². The number of halogens is 1. The summed E-state index contributed by atoms with van der Waals surface area (Å²) in [6.07, 6.45) is 3.04. The number of benzene rings is 1. The van der Waals surface area contributed by atoms with Gasteiger partial charge in [0.2, 0.25) is 5.91 Å². The monoisotopic (exact) mass is 327 g/mol. The van der Waals surface area contributed by atoms with Crippen molar-refractivity contribution in [1.82, 2.24) is 0 Å². The minimum atomic E-state index is -0.571. The highest BCUT2D eigenvalue weighted by atomic mass is 35.5. The van der Waals surface area contributed by atoms with Crippen LogP contribution in [0.15, 0.2) is 18.2 Å². The fourth-order valence-electron chi connectivity index (χ4n) is 3.68. The van der Waals surface area contributed by atoms with E-state index in [-0.39, 0.29) is 53.3 Å². The zero-order valence-electron chi connectivity index (χ0n) is 11.8.